The van der Waals surface area contributed by atoms with Gasteiger partial charge in [-0.2, -0.15) is 0 Å². The van der Waals surface area contributed by atoms with Crippen LogP contribution in [0.3, 0.4) is 0 Å². The van der Waals surface area contributed by atoms with Crippen molar-refractivity contribution in [3.05, 3.63) is 47.3 Å². The number of amides is 1. The van der Waals surface area contributed by atoms with Gasteiger partial charge in [0.05, 0.1) is 6.20 Å². The van der Waals surface area contributed by atoms with Crippen LogP contribution in [0.25, 0.3) is 0 Å². The summed E-state index contributed by atoms with van der Waals surface area (Å²) in [5.74, 6) is 0.595. The van der Waals surface area contributed by atoms with Crippen LogP contribution >= 0.6 is 0 Å². The van der Waals surface area contributed by atoms with Gasteiger partial charge in [0.15, 0.2) is 11.5 Å². The molecule has 1 heterocycles. The minimum Gasteiger partial charge on any atom is -0.365 e. The molecular formula is C22H30N6O. The zero-order valence-corrected chi connectivity index (χ0v) is 16.9. The predicted molar refractivity (Wildman–Crippen MR) is 115 cm³/mol. The Hall–Kier alpha value is -2.67. The lowest BCUT2D eigenvalue weighted by Gasteiger charge is -2.32. The number of fused-ring (bicyclic) bond motifs is 1. The van der Waals surface area contributed by atoms with Gasteiger partial charge in [-0.05, 0) is 50.3 Å². The molecule has 0 radical (unpaired) electrons. The molecule has 1 aromatic carbocycles. The molecule has 29 heavy (non-hydrogen) atoms. The number of hydrogen-bond acceptors (Lipinski definition) is 6. The number of likely N-dealkylation sites (N-methyl/N-ethyl adjacent to an activating group) is 1. The Labute approximate surface area is 171 Å². The summed E-state index contributed by atoms with van der Waals surface area (Å²) in [6.07, 6.45) is 9.19. The molecule has 154 valence electrons. The number of nitrogens with one attached hydrogen (secondary N) is 3. The van der Waals surface area contributed by atoms with Gasteiger partial charge in [-0.15, -0.1) is 0 Å². The Bertz CT molecular complexity index is 870. The third-order valence-electron chi connectivity index (χ3n) is 6.16. The molecule has 5 N–H and O–H groups in total. The number of carbonyl (C=O) groups is 1. The van der Waals surface area contributed by atoms with Crippen LogP contribution in [-0.4, -0.2) is 41.0 Å². The molecule has 0 saturated heterocycles. The number of primary amides is 1. The second kappa shape index (κ2) is 8.78. The molecule has 1 saturated carbocycles. The second-order valence-electron chi connectivity index (χ2n) is 8.10. The minimum atomic E-state index is -0.562. The SMILES string of the molecule is CN[C@H]1CCCCC1Nc1cnc(C(N)=O)c(NC2CCc3ccccc3C2)n1. The van der Waals surface area contributed by atoms with Gasteiger partial charge in [0.1, 0.15) is 5.82 Å². The van der Waals surface area contributed by atoms with Crippen molar-refractivity contribution in [1.29, 1.82) is 0 Å². The Morgan fingerprint density at radius 1 is 1.07 bits per heavy atom. The van der Waals surface area contributed by atoms with Crippen LogP contribution in [0.1, 0.15) is 53.7 Å². The molecule has 1 aromatic heterocycles. The van der Waals surface area contributed by atoms with E-state index in [1.54, 1.807) is 6.20 Å². The number of carbonyl (C=O) groups excluding carboxylic acids is 1. The van der Waals surface area contributed by atoms with Crippen LogP contribution in [0, 0.1) is 0 Å². The first kappa shape index (κ1) is 19.6. The summed E-state index contributed by atoms with van der Waals surface area (Å²) >= 11 is 0. The zero-order chi connectivity index (χ0) is 20.2. The highest BCUT2D eigenvalue weighted by molar-refractivity contribution is 5.95. The Kier molecular flexibility index (Phi) is 5.94. The highest BCUT2D eigenvalue weighted by atomic mass is 16.1. The van der Waals surface area contributed by atoms with Crippen LogP contribution in [-0.2, 0) is 12.8 Å². The van der Waals surface area contributed by atoms with E-state index in [0.717, 1.165) is 32.1 Å². The van der Waals surface area contributed by atoms with E-state index in [1.807, 2.05) is 7.05 Å². The fourth-order valence-electron chi connectivity index (χ4n) is 4.59. The van der Waals surface area contributed by atoms with E-state index in [0.29, 0.717) is 23.7 Å². The molecule has 2 unspecified atom stereocenters. The first-order valence-corrected chi connectivity index (χ1v) is 10.6. The van der Waals surface area contributed by atoms with Crippen LogP contribution in [0.15, 0.2) is 30.5 Å². The summed E-state index contributed by atoms with van der Waals surface area (Å²) in [4.78, 5) is 20.9. The number of anilines is 2. The quantitative estimate of drug-likeness (QED) is 0.600. The average Bonchev–Trinajstić information content (AvgIpc) is 2.74. The molecule has 2 aliphatic carbocycles. The molecule has 2 aromatic rings. The monoisotopic (exact) mass is 394 g/mol. The van der Waals surface area contributed by atoms with E-state index < -0.39 is 5.91 Å². The number of aromatic nitrogens is 2. The molecule has 0 spiro atoms. The fraction of sp³-hybridized carbons (Fsp3) is 0.500. The van der Waals surface area contributed by atoms with Crippen molar-refractivity contribution in [1.82, 2.24) is 15.3 Å². The van der Waals surface area contributed by atoms with Crippen molar-refractivity contribution in [3.8, 4) is 0 Å². The molecule has 2 aliphatic rings. The van der Waals surface area contributed by atoms with Gasteiger partial charge in [0.25, 0.3) is 5.91 Å². The number of nitrogens with zero attached hydrogens (tertiary/aromatic N) is 2. The van der Waals surface area contributed by atoms with Crippen molar-refractivity contribution in [3.63, 3.8) is 0 Å². The lowest BCUT2D eigenvalue weighted by atomic mass is 9.88. The number of aryl methyl sites for hydroxylation is 1. The largest absolute Gasteiger partial charge is 0.365 e. The van der Waals surface area contributed by atoms with Crippen LogP contribution in [0.4, 0.5) is 11.6 Å². The van der Waals surface area contributed by atoms with Crippen molar-refractivity contribution < 1.29 is 4.79 Å². The lowest BCUT2D eigenvalue weighted by molar-refractivity contribution is 0.0996. The smallest absolute Gasteiger partial charge is 0.271 e. The van der Waals surface area contributed by atoms with Gasteiger partial charge < -0.3 is 21.7 Å². The van der Waals surface area contributed by atoms with Gasteiger partial charge in [0.2, 0.25) is 0 Å². The summed E-state index contributed by atoms with van der Waals surface area (Å²) in [5.41, 5.74) is 8.51. The normalized spacial score (nSPS) is 23.8. The lowest BCUT2D eigenvalue weighted by Crippen LogP contribution is -2.44. The summed E-state index contributed by atoms with van der Waals surface area (Å²) in [7, 11) is 2.00. The van der Waals surface area contributed by atoms with Crippen LogP contribution in [0.5, 0.6) is 0 Å². The molecule has 0 bridgehead atoms. The third kappa shape index (κ3) is 4.50. The van der Waals surface area contributed by atoms with Crippen molar-refractivity contribution in [2.24, 2.45) is 5.73 Å². The summed E-state index contributed by atoms with van der Waals surface area (Å²) in [6, 6.07) is 9.43. The highest BCUT2D eigenvalue weighted by Crippen LogP contribution is 2.26. The maximum absolute atomic E-state index is 11.9. The molecule has 7 nitrogen and oxygen atoms in total. The number of hydrogen-bond donors (Lipinski definition) is 4. The second-order valence-corrected chi connectivity index (χ2v) is 8.10. The summed E-state index contributed by atoms with van der Waals surface area (Å²) in [6.45, 7) is 0. The van der Waals surface area contributed by atoms with E-state index in [9.17, 15) is 4.79 Å². The van der Waals surface area contributed by atoms with Crippen molar-refractivity contribution in [2.45, 2.75) is 63.1 Å². The van der Waals surface area contributed by atoms with Gasteiger partial charge in [0, 0.05) is 18.1 Å². The first-order chi connectivity index (χ1) is 14.1. The minimum absolute atomic E-state index is 0.197. The Balaban J connectivity index is 1.52. The van der Waals surface area contributed by atoms with E-state index in [-0.39, 0.29) is 11.7 Å². The van der Waals surface area contributed by atoms with E-state index >= 15 is 0 Å². The number of nitrogens with two attached hydrogens (primary N) is 1. The first-order valence-electron chi connectivity index (χ1n) is 10.6. The van der Waals surface area contributed by atoms with Gasteiger partial charge in [-0.1, -0.05) is 37.1 Å². The topological polar surface area (TPSA) is 105 Å². The van der Waals surface area contributed by atoms with Crippen molar-refractivity contribution >= 4 is 17.5 Å². The standard InChI is InChI=1S/C22H30N6O/c1-24-17-8-4-5-9-18(17)27-19-13-25-20(21(23)29)22(28-19)26-16-11-10-14-6-2-3-7-15(14)12-16/h2-3,6-7,13,16-18,24H,4-5,8-12H2,1H3,(H2,23,29)(H2,26,27,28)/t16?,17-,18?/m0/s1. The maximum atomic E-state index is 11.9. The molecule has 1 fully saturated rings. The molecule has 7 heteroatoms. The third-order valence-corrected chi connectivity index (χ3v) is 6.16. The Morgan fingerprint density at radius 3 is 2.59 bits per heavy atom. The molecule has 3 atom stereocenters. The van der Waals surface area contributed by atoms with Crippen molar-refractivity contribution in [2.75, 3.05) is 17.7 Å². The fourth-order valence-corrected chi connectivity index (χ4v) is 4.59. The number of rotatable bonds is 6. The van der Waals surface area contributed by atoms with Gasteiger partial charge in [-0.25, -0.2) is 9.97 Å². The summed E-state index contributed by atoms with van der Waals surface area (Å²) < 4.78 is 0. The van der Waals surface area contributed by atoms with E-state index in [1.165, 1.54) is 24.0 Å². The average molecular weight is 395 g/mol. The molecule has 0 aliphatic heterocycles. The highest BCUT2D eigenvalue weighted by Gasteiger charge is 2.25. The zero-order valence-electron chi connectivity index (χ0n) is 16.9. The number of benzene rings is 1. The molecule has 4 rings (SSSR count). The Morgan fingerprint density at radius 2 is 1.83 bits per heavy atom. The summed E-state index contributed by atoms with van der Waals surface area (Å²) in [5, 5.41) is 10.4. The van der Waals surface area contributed by atoms with E-state index in [4.69, 9.17) is 10.7 Å². The van der Waals surface area contributed by atoms with Gasteiger partial charge in [-0.3, -0.25) is 4.79 Å². The van der Waals surface area contributed by atoms with Crippen LogP contribution in [0.2, 0.25) is 0 Å². The van der Waals surface area contributed by atoms with Gasteiger partial charge >= 0.3 is 0 Å². The predicted octanol–water partition coefficient (Wildman–Crippen LogP) is 2.49. The van der Waals surface area contributed by atoms with Crippen LogP contribution < -0.4 is 21.7 Å². The van der Waals surface area contributed by atoms with E-state index in [2.05, 4.69) is 45.2 Å². The maximum Gasteiger partial charge on any atom is 0.271 e. The molecular weight excluding hydrogens is 364 g/mol. The molecule has 1 amide bonds.